The van der Waals surface area contributed by atoms with Gasteiger partial charge in [-0.25, -0.2) is 9.97 Å². The summed E-state index contributed by atoms with van der Waals surface area (Å²) >= 11 is 0. The Labute approximate surface area is 249 Å². The molecular weight excluding hydrogens is 526 g/mol. The molecule has 1 aliphatic carbocycles. The summed E-state index contributed by atoms with van der Waals surface area (Å²) in [7, 11) is 0. The number of carbonyl (C=O) groups is 2. The van der Waals surface area contributed by atoms with Gasteiger partial charge < -0.3 is 26.6 Å². The van der Waals surface area contributed by atoms with Gasteiger partial charge in [-0.1, -0.05) is 50.3 Å². The summed E-state index contributed by atoms with van der Waals surface area (Å²) in [5, 5.41) is 9.83. The van der Waals surface area contributed by atoms with Crippen molar-refractivity contribution in [3.8, 4) is 0 Å². The molecule has 0 unspecified atom stereocenters. The molecule has 222 valence electrons. The largest absolute Gasteiger partial charge is 0.372 e. The predicted molar refractivity (Wildman–Crippen MR) is 170 cm³/mol. The lowest BCUT2D eigenvalue weighted by Gasteiger charge is -2.30. The van der Waals surface area contributed by atoms with Gasteiger partial charge in [0.15, 0.2) is 11.5 Å². The van der Waals surface area contributed by atoms with Crippen LogP contribution in [-0.2, 0) is 0 Å². The van der Waals surface area contributed by atoms with E-state index < -0.39 is 5.91 Å². The highest BCUT2D eigenvalue weighted by Gasteiger charge is 2.24. The van der Waals surface area contributed by atoms with Crippen molar-refractivity contribution < 1.29 is 9.59 Å². The Kier molecular flexibility index (Phi) is 10.5. The summed E-state index contributed by atoms with van der Waals surface area (Å²) in [5.41, 5.74) is 10.3. The number of aryl methyl sites for hydroxylation is 1. The van der Waals surface area contributed by atoms with Crippen LogP contribution in [0.5, 0.6) is 0 Å². The molecule has 2 aromatic carbocycles. The van der Waals surface area contributed by atoms with Gasteiger partial charge in [-0.15, -0.1) is 0 Å². The van der Waals surface area contributed by atoms with Crippen molar-refractivity contribution in [2.75, 3.05) is 23.7 Å². The zero-order valence-corrected chi connectivity index (χ0v) is 25.0. The van der Waals surface area contributed by atoms with Gasteiger partial charge in [0.05, 0.1) is 6.20 Å². The van der Waals surface area contributed by atoms with E-state index in [2.05, 4.69) is 51.2 Å². The molecule has 5 N–H and O–H groups in total. The summed E-state index contributed by atoms with van der Waals surface area (Å²) in [5.74, 6) is 0.180. The van der Waals surface area contributed by atoms with Gasteiger partial charge in [0.25, 0.3) is 11.8 Å². The van der Waals surface area contributed by atoms with E-state index in [9.17, 15) is 9.59 Å². The molecule has 9 heteroatoms. The van der Waals surface area contributed by atoms with Crippen LogP contribution in [0.1, 0.15) is 84.3 Å². The maximum absolute atomic E-state index is 12.6. The SMILES string of the molecule is C=C(c1ccc(Nc2nc(NC3CCC(NC(=O)c4ccc(C)cc4)CC3)cnc2C(N)=O)cc1)N(CCC)CCC. The first kappa shape index (κ1) is 30.6. The van der Waals surface area contributed by atoms with E-state index in [0.717, 1.165) is 74.1 Å². The first-order valence-electron chi connectivity index (χ1n) is 14.9. The minimum Gasteiger partial charge on any atom is -0.372 e. The molecular formula is C33H43N7O2. The van der Waals surface area contributed by atoms with Crippen molar-refractivity contribution in [1.82, 2.24) is 20.2 Å². The van der Waals surface area contributed by atoms with Crippen molar-refractivity contribution >= 4 is 34.8 Å². The molecule has 0 aliphatic heterocycles. The van der Waals surface area contributed by atoms with Gasteiger partial charge in [-0.2, -0.15) is 0 Å². The van der Waals surface area contributed by atoms with E-state index >= 15 is 0 Å². The molecule has 3 aromatic rings. The maximum atomic E-state index is 12.6. The third-order valence-corrected chi connectivity index (χ3v) is 7.58. The smallest absolute Gasteiger partial charge is 0.271 e. The number of nitrogens with one attached hydrogen (secondary N) is 3. The fraction of sp³-hybridized carbons (Fsp3) is 0.394. The second-order valence-electron chi connectivity index (χ2n) is 11.0. The van der Waals surface area contributed by atoms with Crippen LogP contribution in [0.4, 0.5) is 17.3 Å². The number of anilines is 3. The van der Waals surface area contributed by atoms with E-state index in [1.807, 2.05) is 55.5 Å². The Morgan fingerprint density at radius 1 is 0.929 bits per heavy atom. The summed E-state index contributed by atoms with van der Waals surface area (Å²) in [6.07, 6.45) is 7.13. The lowest BCUT2D eigenvalue weighted by molar-refractivity contribution is 0.0925. The molecule has 0 bridgehead atoms. The molecule has 1 saturated carbocycles. The van der Waals surface area contributed by atoms with Crippen LogP contribution < -0.4 is 21.7 Å². The zero-order valence-electron chi connectivity index (χ0n) is 25.0. The van der Waals surface area contributed by atoms with Gasteiger partial charge >= 0.3 is 0 Å². The fourth-order valence-corrected chi connectivity index (χ4v) is 5.28. The van der Waals surface area contributed by atoms with Crippen LogP contribution in [0.25, 0.3) is 5.70 Å². The second-order valence-corrected chi connectivity index (χ2v) is 11.0. The maximum Gasteiger partial charge on any atom is 0.271 e. The van der Waals surface area contributed by atoms with E-state index in [-0.39, 0.29) is 23.7 Å². The Morgan fingerprint density at radius 2 is 1.52 bits per heavy atom. The highest BCUT2D eigenvalue weighted by Crippen LogP contribution is 2.26. The van der Waals surface area contributed by atoms with E-state index in [1.54, 1.807) is 6.20 Å². The predicted octanol–water partition coefficient (Wildman–Crippen LogP) is 5.87. The first-order chi connectivity index (χ1) is 20.3. The first-order valence-corrected chi connectivity index (χ1v) is 14.9. The van der Waals surface area contributed by atoms with Crippen LogP contribution >= 0.6 is 0 Å². The number of carbonyl (C=O) groups excluding carboxylic acids is 2. The van der Waals surface area contributed by atoms with Crippen molar-refractivity contribution in [1.29, 1.82) is 0 Å². The number of aromatic nitrogens is 2. The molecule has 0 radical (unpaired) electrons. The summed E-state index contributed by atoms with van der Waals surface area (Å²) in [6, 6.07) is 15.8. The molecule has 1 aliphatic rings. The minimum absolute atomic E-state index is 0.0355. The average Bonchev–Trinajstić information content (AvgIpc) is 2.98. The molecule has 0 saturated heterocycles. The number of nitrogens with two attached hydrogens (primary N) is 1. The summed E-state index contributed by atoms with van der Waals surface area (Å²) < 4.78 is 0. The number of benzene rings is 2. The number of amides is 2. The second kappa shape index (κ2) is 14.5. The lowest BCUT2D eigenvalue weighted by atomic mass is 9.91. The highest BCUT2D eigenvalue weighted by atomic mass is 16.2. The van der Waals surface area contributed by atoms with Gasteiger partial charge in [-0.05, 0) is 75.3 Å². The molecule has 0 atom stereocenters. The van der Waals surface area contributed by atoms with E-state index in [1.165, 1.54) is 0 Å². The Morgan fingerprint density at radius 3 is 2.12 bits per heavy atom. The quantitative estimate of drug-likeness (QED) is 0.203. The van der Waals surface area contributed by atoms with Crippen LogP contribution in [0.3, 0.4) is 0 Å². The molecule has 0 spiro atoms. The highest BCUT2D eigenvalue weighted by molar-refractivity contribution is 5.96. The monoisotopic (exact) mass is 569 g/mol. The molecule has 1 fully saturated rings. The topological polar surface area (TPSA) is 125 Å². The number of nitrogens with zero attached hydrogens (tertiary/aromatic N) is 3. The third-order valence-electron chi connectivity index (χ3n) is 7.58. The number of rotatable bonds is 13. The molecule has 1 aromatic heterocycles. The molecule has 2 amide bonds. The van der Waals surface area contributed by atoms with Crippen molar-refractivity contribution in [2.45, 2.75) is 71.4 Å². The van der Waals surface area contributed by atoms with Gasteiger partial charge in [0.2, 0.25) is 0 Å². The Bertz CT molecular complexity index is 1360. The minimum atomic E-state index is -0.652. The van der Waals surface area contributed by atoms with Crippen molar-refractivity contribution in [2.24, 2.45) is 5.73 Å². The summed E-state index contributed by atoms with van der Waals surface area (Å²) in [4.78, 5) is 36.0. The fourth-order valence-electron chi connectivity index (χ4n) is 5.28. The molecule has 9 nitrogen and oxygen atoms in total. The Balaban J connectivity index is 1.37. The van der Waals surface area contributed by atoms with Crippen LogP contribution in [0.15, 0.2) is 61.3 Å². The normalized spacial score (nSPS) is 16.4. The van der Waals surface area contributed by atoms with Gasteiger partial charge in [0, 0.05) is 42.1 Å². The van der Waals surface area contributed by atoms with E-state index in [0.29, 0.717) is 17.2 Å². The van der Waals surface area contributed by atoms with E-state index in [4.69, 9.17) is 5.73 Å². The molecule has 4 rings (SSSR count). The number of hydrogen-bond acceptors (Lipinski definition) is 7. The van der Waals surface area contributed by atoms with Crippen LogP contribution in [-0.4, -0.2) is 51.9 Å². The molecule has 1 heterocycles. The number of hydrogen-bond donors (Lipinski definition) is 4. The summed E-state index contributed by atoms with van der Waals surface area (Å²) in [6.45, 7) is 12.6. The van der Waals surface area contributed by atoms with Gasteiger partial charge in [0.1, 0.15) is 5.82 Å². The average molecular weight is 570 g/mol. The van der Waals surface area contributed by atoms with Crippen LogP contribution in [0, 0.1) is 6.92 Å². The number of primary amides is 1. The van der Waals surface area contributed by atoms with Crippen molar-refractivity contribution in [3.63, 3.8) is 0 Å². The Hall–Kier alpha value is -4.40. The van der Waals surface area contributed by atoms with Crippen molar-refractivity contribution in [3.05, 3.63) is 83.7 Å². The van der Waals surface area contributed by atoms with Crippen LogP contribution in [0.2, 0.25) is 0 Å². The zero-order chi connectivity index (χ0) is 30.1. The standard InChI is InChI=1S/C33H43N7O2/c1-5-19-40(20-6-2)23(4)24-11-13-27(14-12-24)37-32-30(31(34)41)35-21-29(39-32)36-26-15-17-28(18-16-26)38-33(42)25-9-7-22(3)8-10-25/h7-14,21,26,28H,4-6,15-20H2,1-3H3,(H2,34,41)(H,38,42)(H2,36,37,39). The molecule has 42 heavy (non-hydrogen) atoms. The third kappa shape index (κ3) is 8.09. The lowest BCUT2D eigenvalue weighted by Crippen LogP contribution is -2.40. The van der Waals surface area contributed by atoms with Gasteiger partial charge in [-0.3, -0.25) is 9.59 Å².